The van der Waals surface area contributed by atoms with Crippen LogP contribution in [0.3, 0.4) is 0 Å². The molecule has 1 rings (SSSR count). The fraction of sp³-hybridized carbons (Fsp3) is 0.538. The fourth-order valence-corrected chi connectivity index (χ4v) is 1.83. The molecule has 3 nitrogen and oxygen atoms in total. The van der Waals surface area contributed by atoms with E-state index in [2.05, 4.69) is 19.2 Å². The highest BCUT2D eigenvalue weighted by Crippen LogP contribution is 2.30. The first-order valence-electron chi connectivity index (χ1n) is 5.72. The third-order valence-corrected chi connectivity index (χ3v) is 2.67. The highest BCUT2D eigenvalue weighted by molar-refractivity contribution is 5.42. The molecule has 16 heavy (non-hydrogen) atoms. The van der Waals surface area contributed by atoms with Crippen molar-refractivity contribution in [3.8, 4) is 11.5 Å². The van der Waals surface area contributed by atoms with Gasteiger partial charge in [0.25, 0.3) is 0 Å². The quantitative estimate of drug-likeness (QED) is 0.804. The predicted molar refractivity (Wildman–Crippen MR) is 66.3 cm³/mol. The van der Waals surface area contributed by atoms with Crippen molar-refractivity contribution in [2.75, 3.05) is 20.8 Å². The van der Waals surface area contributed by atoms with Crippen LogP contribution in [0.1, 0.15) is 31.9 Å². The van der Waals surface area contributed by atoms with Gasteiger partial charge in [0.05, 0.1) is 14.2 Å². The summed E-state index contributed by atoms with van der Waals surface area (Å²) in [7, 11) is 3.38. The van der Waals surface area contributed by atoms with Crippen molar-refractivity contribution in [1.82, 2.24) is 5.32 Å². The molecule has 0 aliphatic rings. The van der Waals surface area contributed by atoms with E-state index in [1.807, 2.05) is 18.2 Å². The molecule has 0 aliphatic heterocycles. The number of hydrogen-bond acceptors (Lipinski definition) is 3. The van der Waals surface area contributed by atoms with Crippen molar-refractivity contribution in [2.45, 2.75) is 26.3 Å². The van der Waals surface area contributed by atoms with E-state index in [9.17, 15) is 0 Å². The van der Waals surface area contributed by atoms with Gasteiger partial charge < -0.3 is 14.8 Å². The normalized spacial score (nSPS) is 12.2. The Morgan fingerprint density at radius 1 is 1.19 bits per heavy atom. The molecule has 0 heterocycles. The summed E-state index contributed by atoms with van der Waals surface area (Å²) in [5.41, 5.74) is 1.16. The third-order valence-electron chi connectivity index (χ3n) is 2.67. The SMILES string of the molecule is CCN[C@H](CC)c1cc(OC)ccc1OC. The predicted octanol–water partition coefficient (Wildman–Crippen LogP) is 2.76. The van der Waals surface area contributed by atoms with Gasteiger partial charge in [-0.1, -0.05) is 13.8 Å². The summed E-state index contributed by atoms with van der Waals surface area (Å²) in [6.07, 6.45) is 1.03. The number of rotatable bonds is 6. The largest absolute Gasteiger partial charge is 0.497 e. The average Bonchev–Trinajstić information content (AvgIpc) is 2.35. The van der Waals surface area contributed by atoms with Crippen LogP contribution in [-0.2, 0) is 0 Å². The first kappa shape index (κ1) is 12.8. The van der Waals surface area contributed by atoms with Crippen LogP contribution in [0.25, 0.3) is 0 Å². The average molecular weight is 223 g/mol. The Balaban J connectivity index is 3.05. The minimum atomic E-state index is 0.315. The van der Waals surface area contributed by atoms with Crippen LogP contribution in [0, 0.1) is 0 Å². The molecule has 0 spiro atoms. The Morgan fingerprint density at radius 2 is 1.94 bits per heavy atom. The molecule has 0 fully saturated rings. The zero-order valence-electron chi connectivity index (χ0n) is 10.5. The molecule has 0 saturated heterocycles. The minimum Gasteiger partial charge on any atom is -0.497 e. The van der Waals surface area contributed by atoms with E-state index in [4.69, 9.17) is 9.47 Å². The van der Waals surface area contributed by atoms with Crippen molar-refractivity contribution in [1.29, 1.82) is 0 Å². The number of methoxy groups -OCH3 is 2. The summed E-state index contributed by atoms with van der Waals surface area (Å²) in [6.45, 7) is 5.21. The molecule has 1 atom stereocenters. The summed E-state index contributed by atoms with van der Waals surface area (Å²) < 4.78 is 10.6. The van der Waals surface area contributed by atoms with E-state index >= 15 is 0 Å². The lowest BCUT2D eigenvalue weighted by atomic mass is 10.0. The van der Waals surface area contributed by atoms with Crippen molar-refractivity contribution < 1.29 is 9.47 Å². The molecule has 0 saturated carbocycles. The van der Waals surface area contributed by atoms with E-state index in [-0.39, 0.29) is 0 Å². The van der Waals surface area contributed by atoms with Gasteiger partial charge in [-0.25, -0.2) is 0 Å². The van der Waals surface area contributed by atoms with Crippen LogP contribution in [-0.4, -0.2) is 20.8 Å². The molecular formula is C13H21NO2. The lowest BCUT2D eigenvalue weighted by molar-refractivity contribution is 0.388. The van der Waals surface area contributed by atoms with E-state index < -0.39 is 0 Å². The molecule has 0 unspecified atom stereocenters. The van der Waals surface area contributed by atoms with Gasteiger partial charge in [-0.05, 0) is 31.2 Å². The summed E-state index contributed by atoms with van der Waals surface area (Å²) in [6, 6.07) is 6.22. The van der Waals surface area contributed by atoms with Gasteiger partial charge >= 0.3 is 0 Å². The summed E-state index contributed by atoms with van der Waals surface area (Å²) in [5, 5.41) is 3.44. The van der Waals surface area contributed by atoms with E-state index in [0.717, 1.165) is 30.0 Å². The zero-order valence-corrected chi connectivity index (χ0v) is 10.5. The van der Waals surface area contributed by atoms with Gasteiger partial charge in [-0.2, -0.15) is 0 Å². The Bertz CT molecular complexity index is 326. The van der Waals surface area contributed by atoms with Crippen LogP contribution >= 0.6 is 0 Å². The first-order valence-corrected chi connectivity index (χ1v) is 5.72. The van der Waals surface area contributed by atoms with Crippen LogP contribution < -0.4 is 14.8 Å². The van der Waals surface area contributed by atoms with Crippen molar-refractivity contribution in [2.24, 2.45) is 0 Å². The zero-order chi connectivity index (χ0) is 12.0. The smallest absolute Gasteiger partial charge is 0.123 e. The molecule has 1 aromatic rings. The standard InChI is InChI=1S/C13H21NO2/c1-5-12(14-6-2)11-9-10(15-3)7-8-13(11)16-4/h7-9,12,14H,5-6H2,1-4H3/t12-/m1/s1. The maximum absolute atomic E-state index is 5.38. The molecule has 1 aromatic carbocycles. The molecule has 90 valence electrons. The second kappa shape index (κ2) is 6.38. The molecular weight excluding hydrogens is 202 g/mol. The van der Waals surface area contributed by atoms with Gasteiger partial charge in [-0.15, -0.1) is 0 Å². The van der Waals surface area contributed by atoms with Gasteiger partial charge in [-0.3, -0.25) is 0 Å². The second-order valence-corrected chi connectivity index (χ2v) is 3.63. The van der Waals surface area contributed by atoms with Crippen LogP contribution in [0.4, 0.5) is 0 Å². The van der Waals surface area contributed by atoms with Gasteiger partial charge in [0.1, 0.15) is 11.5 Å². The highest BCUT2D eigenvalue weighted by Gasteiger charge is 2.14. The Morgan fingerprint density at radius 3 is 2.44 bits per heavy atom. The number of hydrogen-bond donors (Lipinski definition) is 1. The van der Waals surface area contributed by atoms with Gasteiger partial charge in [0, 0.05) is 11.6 Å². The number of ether oxygens (including phenoxy) is 2. The monoisotopic (exact) mass is 223 g/mol. The molecule has 0 aromatic heterocycles. The molecule has 1 N–H and O–H groups in total. The Kier molecular flexibility index (Phi) is 5.12. The van der Waals surface area contributed by atoms with Crippen molar-refractivity contribution in [3.63, 3.8) is 0 Å². The van der Waals surface area contributed by atoms with Crippen LogP contribution in [0.2, 0.25) is 0 Å². The Hall–Kier alpha value is -1.22. The highest BCUT2D eigenvalue weighted by atomic mass is 16.5. The van der Waals surface area contributed by atoms with Gasteiger partial charge in [0.15, 0.2) is 0 Å². The van der Waals surface area contributed by atoms with E-state index in [1.165, 1.54) is 0 Å². The van der Waals surface area contributed by atoms with Crippen LogP contribution in [0.15, 0.2) is 18.2 Å². The fourth-order valence-electron chi connectivity index (χ4n) is 1.83. The summed E-state index contributed by atoms with van der Waals surface area (Å²) in [5.74, 6) is 1.78. The molecule has 3 heteroatoms. The summed E-state index contributed by atoms with van der Waals surface area (Å²) >= 11 is 0. The van der Waals surface area contributed by atoms with Crippen molar-refractivity contribution >= 4 is 0 Å². The lowest BCUT2D eigenvalue weighted by Crippen LogP contribution is -2.20. The summed E-state index contributed by atoms with van der Waals surface area (Å²) in [4.78, 5) is 0. The van der Waals surface area contributed by atoms with E-state index in [0.29, 0.717) is 6.04 Å². The lowest BCUT2D eigenvalue weighted by Gasteiger charge is -2.19. The topological polar surface area (TPSA) is 30.5 Å². The minimum absolute atomic E-state index is 0.315. The molecule has 0 radical (unpaired) electrons. The second-order valence-electron chi connectivity index (χ2n) is 3.63. The van der Waals surface area contributed by atoms with Crippen molar-refractivity contribution in [3.05, 3.63) is 23.8 Å². The van der Waals surface area contributed by atoms with Gasteiger partial charge in [0.2, 0.25) is 0 Å². The molecule has 0 amide bonds. The maximum Gasteiger partial charge on any atom is 0.123 e. The number of benzene rings is 1. The Labute approximate surface area is 97.8 Å². The van der Waals surface area contributed by atoms with E-state index in [1.54, 1.807) is 14.2 Å². The van der Waals surface area contributed by atoms with Crippen LogP contribution in [0.5, 0.6) is 11.5 Å². The maximum atomic E-state index is 5.38. The number of nitrogens with one attached hydrogen (secondary N) is 1. The molecule has 0 aliphatic carbocycles. The molecule has 0 bridgehead atoms. The third kappa shape index (κ3) is 2.89. The first-order chi connectivity index (χ1) is 7.76.